The van der Waals surface area contributed by atoms with E-state index >= 15 is 0 Å². The van der Waals surface area contributed by atoms with Crippen molar-refractivity contribution in [2.75, 3.05) is 43.4 Å². The largest absolute Gasteiger partial charge is 0.398 e. The van der Waals surface area contributed by atoms with E-state index in [0.717, 1.165) is 19.6 Å². The first-order valence-corrected chi connectivity index (χ1v) is 7.83. The molecule has 6 heteroatoms. The molecule has 1 saturated heterocycles. The summed E-state index contributed by atoms with van der Waals surface area (Å²) in [6.45, 7) is 3.73. The standard InChI is InChI=1S/C13H18ClN3OS/c14-10-1-2-11(12(15)9-10)13(18)16-3-4-17-5-7-19-8-6-17/h1-2,9H,3-8,15H2,(H,16,18). The molecule has 2 rings (SSSR count). The van der Waals surface area contributed by atoms with E-state index in [1.165, 1.54) is 11.5 Å². The SMILES string of the molecule is Nc1cc(Cl)ccc1C(=O)NCCN1CCSCC1. The Morgan fingerprint density at radius 3 is 2.84 bits per heavy atom. The van der Waals surface area contributed by atoms with Gasteiger partial charge in [-0.3, -0.25) is 9.69 Å². The number of nitrogens with one attached hydrogen (secondary N) is 1. The van der Waals surface area contributed by atoms with Crippen LogP contribution in [-0.4, -0.2) is 48.5 Å². The van der Waals surface area contributed by atoms with Gasteiger partial charge >= 0.3 is 0 Å². The summed E-state index contributed by atoms with van der Waals surface area (Å²) in [7, 11) is 0. The Balaban J connectivity index is 1.80. The van der Waals surface area contributed by atoms with Crippen LogP contribution in [0.25, 0.3) is 0 Å². The van der Waals surface area contributed by atoms with Crippen LogP contribution in [0.2, 0.25) is 5.02 Å². The van der Waals surface area contributed by atoms with Crippen molar-refractivity contribution < 1.29 is 4.79 Å². The maximum absolute atomic E-state index is 12.0. The Hall–Kier alpha value is -0.910. The minimum absolute atomic E-state index is 0.138. The Kier molecular flexibility index (Phi) is 5.36. The third-order valence-corrected chi connectivity index (χ3v) is 4.25. The number of thioether (sulfide) groups is 1. The van der Waals surface area contributed by atoms with E-state index in [0.29, 0.717) is 22.8 Å². The molecule has 104 valence electrons. The lowest BCUT2D eigenvalue weighted by molar-refractivity contribution is 0.0950. The summed E-state index contributed by atoms with van der Waals surface area (Å²) in [6.07, 6.45) is 0. The molecule has 19 heavy (non-hydrogen) atoms. The number of nitrogens with zero attached hydrogens (tertiary/aromatic N) is 1. The quantitative estimate of drug-likeness (QED) is 0.831. The molecule has 0 aliphatic carbocycles. The third-order valence-electron chi connectivity index (χ3n) is 3.08. The molecule has 0 bridgehead atoms. The topological polar surface area (TPSA) is 58.4 Å². The molecule has 1 aromatic carbocycles. The van der Waals surface area contributed by atoms with Gasteiger partial charge in [0.05, 0.1) is 5.56 Å². The summed E-state index contributed by atoms with van der Waals surface area (Å²) in [4.78, 5) is 14.3. The fourth-order valence-corrected chi connectivity index (χ4v) is 3.15. The Morgan fingerprint density at radius 2 is 2.16 bits per heavy atom. The maximum Gasteiger partial charge on any atom is 0.253 e. The molecule has 4 nitrogen and oxygen atoms in total. The predicted molar refractivity (Wildman–Crippen MR) is 82.0 cm³/mol. The number of benzene rings is 1. The molecule has 1 amide bonds. The molecule has 0 unspecified atom stereocenters. The summed E-state index contributed by atoms with van der Waals surface area (Å²) >= 11 is 7.79. The zero-order valence-corrected chi connectivity index (χ0v) is 12.3. The van der Waals surface area contributed by atoms with E-state index in [1.807, 2.05) is 11.8 Å². The highest BCUT2D eigenvalue weighted by Gasteiger charge is 2.12. The molecule has 1 aromatic rings. The number of amides is 1. The highest BCUT2D eigenvalue weighted by atomic mass is 35.5. The Bertz CT molecular complexity index is 450. The second-order valence-corrected chi connectivity index (χ2v) is 6.10. The lowest BCUT2D eigenvalue weighted by atomic mass is 10.1. The highest BCUT2D eigenvalue weighted by Crippen LogP contribution is 2.17. The van der Waals surface area contributed by atoms with Crippen molar-refractivity contribution in [2.45, 2.75) is 0 Å². The minimum atomic E-state index is -0.138. The number of hydrogen-bond donors (Lipinski definition) is 2. The van der Waals surface area contributed by atoms with Crippen molar-refractivity contribution in [3.05, 3.63) is 28.8 Å². The van der Waals surface area contributed by atoms with E-state index in [4.69, 9.17) is 17.3 Å². The number of rotatable bonds is 4. The number of nitrogen functional groups attached to an aromatic ring is 1. The molecular weight excluding hydrogens is 282 g/mol. The monoisotopic (exact) mass is 299 g/mol. The molecular formula is C13H18ClN3OS. The average Bonchev–Trinajstić information content (AvgIpc) is 2.39. The van der Waals surface area contributed by atoms with E-state index in [-0.39, 0.29) is 5.91 Å². The van der Waals surface area contributed by atoms with Crippen LogP contribution in [0, 0.1) is 0 Å². The zero-order valence-electron chi connectivity index (χ0n) is 10.7. The highest BCUT2D eigenvalue weighted by molar-refractivity contribution is 7.99. The normalized spacial score (nSPS) is 16.3. The molecule has 0 radical (unpaired) electrons. The van der Waals surface area contributed by atoms with Crippen LogP contribution in [-0.2, 0) is 0 Å². The van der Waals surface area contributed by atoms with Crippen LogP contribution in [0.15, 0.2) is 18.2 Å². The molecule has 1 aliphatic heterocycles. The lowest BCUT2D eigenvalue weighted by Gasteiger charge is -2.26. The molecule has 0 atom stereocenters. The third kappa shape index (κ3) is 4.30. The van der Waals surface area contributed by atoms with Crippen LogP contribution in [0.4, 0.5) is 5.69 Å². The van der Waals surface area contributed by atoms with Crippen LogP contribution in [0.5, 0.6) is 0 Å². The van der Waals surface area contributed by atoms with E-state index in [9.17, 15) is 4.79 Å². The van der Waals surface area contributed by atoms with Gasteiger partial charge in [0.1, 0.15) is 0 Å². The van der Waals surface area contributed by atoms with Gasteiger partial charge in [-0.25, -0.2) is 0 Å². The van der Waals surface area contributed by atoms with Crippen LogP contribution >= 0.6 is 23.4 Å². The Labute approximate surface area is 122 Å². The number of carbonyl (C=O) groups is 1. The van der Waals surface area contributed by atoms with E-state index in [2.05, 4.69) is 10.2 Å². The second-order valence-electron chi connectivity index (χ2n) is 4.44. The van der Waals surface area contributed by atoms with Crippen LogP contribution in [0.3, 0.4) is 0 Å². The number of halogens is 1. The molecule has 1 heterocycles. The summed E-state index contributed by atoms with van der Waals surface area (Å²) in [5, 5.41) is 3.44. The second kappa shape index (κ2) is 7.03. The van der Waals surface area contributed by atoms with Crippen molar-refractivity contribution in [2.24, 2.45) is 0 Å². The van der Waals surface area contributed by atoms with Gasteiger partial charge in [0.2, 0.25) is 0 Å². The average molecular weight is 300 g/mol. The van der Waals surface area contributed by atoms with Gasteiger partial charge in [0.25, 0.3) is 5.91 Å². The summed E-state index contributed by atoms with van der Waals surface area (Å²) in [5.41, 5.74) is 6.68. The van der Waals surface area contributed by atoms with Gasteiger partial charge in [0, 0.05) is 48.4 Å². The van der Waals surface area contributed by atoms with Crippen LogP contribution in [0.1, 0.15) is 10.4 Å². The van der Waals surface area contributed by atoms with Gasteiger partial charge in [-0.15, -0.1) is 0 Å². The fourth-order valence-electron chi connectivity index (χ4n) is 1.99. The molecule has 0 spiro atoms. The molecule has 0 aromatic heterocycles. The van der Waals surface area contributed by atoms with Gasteiger partial charge in [-0.05, 0) is 18.2 Å². The van der Waals surface area contributed by atoms with Gasteiger partial charge in [-0.1, -0.05) is 11.6 Å². The molecule has 1 aliphatic rings. The van der Waals surface area contributed by atoms with Gasteiger partial charge in [0.15, 0.2) is 0 Å². The van der Waals surface area contributed by atoms with Gasteiger partial charge in [-0.2, -0.15) is 11.8 Å². The minimum Gasteiger partial charge on any atom is -0.398 e. The molecule has 1 fully saturated rings. The predicted octanol–water partition coefficient (Wildman–Crippen LogP) is 1.70. The number of hydrogen-bond acceptors (Lipinski definition) is 4. The number of nitrogens with two attached hydrogens (primary N) is 1. The van der Waals surface area contributed by atoms with Gasteiger partial charge < -0.3 is 11.1 Å². The van der Waals surface area contributed by atoms with Crippen molar-refractivity contribution in [3.63, 3.8) is 0 Å². The Morgan fingerprint density at radius 1 is 1.42 bits per heavy atom. The molecule has 3 N–H and O–H groups in total. The first-order valence-electron chi connectivity index (χ1n) is 6.30. The molecule has 0 saturated carbocycles. The maximum atomic E-state index is 12.0. The van der Waals surface area contributed by atoms with Crippen LogP contribution < -0.4 is 11.1 Å². The van der Waals surface area contributed by atoms with Crippen molar-refractivity contribution in [1.82, 2.24) is 10.2 Å². The van der Waals surface area contributed by atoms with Crippen molar-refractivity contribution in [1.29, 1.82) is 0 Å². The summed E-state index contributed by atoms with van der Waals surface area (Å²) < 4.78 is 0. The summed E-state index contributed by atoms with van der Waals surface area (Å²) in [5.74, 6) is 2.22. The van der Waals surface area contributed by atoms with Crippen molar-refractivity contribution in [3.8, 4) is 0 Å². The fraction of sp³-hybridized carbons (Fsp3) is 0.462. The lowest BCUT2D eigenvalue weighted by Crippen LogP contribution is -2.39. The first-order chi connectivity index (χ1) is 9.16. The van der Waals surface area contributed by atoms with Crippen molar-refractivity contribution >= 4 is 35.0 Å². The van der Waals surface area contributed by atoms with E-state index < -0.39 is 0 Å². The van der Waals surface area contributed by atoms with E-state index in [1.54, 1.807) is 18.2 Å². The first kappa shape index (κ1) is 14.5. The summed E-state index contributed by atoms with van der Waals surface area (Å²) in [6, 6.07) is 4.93. The zero-order chi connectivity index (χ0) is 13.7. The number of anilines is 1. The number of carbonyl (C=O) groups excluding carboxylic acids is 1. The smallest absolute Gasteiger partial charge is 0.253 e.